The van der Waals surface area contributed by atoms with Gasteiger partial charge in [0.2, 0.25) is 0 Å². The Morgan fingerprint density at radius 3 is 2.69 bits per heavy atom. The van der Waals surface area contributed by atoms with E-state index in [1.54, 1.807) is 25.3 Å². The Kier molecular flexibility index (Phi) is 5.30. The molecule has 1 aliphatic heterocycles. The first-order chi connectivity index (χ1) is 12.6. The largest absolute Gasteiger partial charge is 0.357 e. The van der Waals surface area contributed by atoms with Crippen LogP contribution in [0.5, 0.6) is 0 Å². The number of hydrogen-bond donors (Lipinski definition) is 3. The van der Waals surface area contributed by atoms with E-state index >= 15 is 0 Å². The first-order valence-corrected chi connectivity index (χ1v) is 7.85. The molecule has 1 aromatic carbocycles. The fraction of sp³-hybridized carbons (Fsp3) is 0.118. The molecule has 0 fully saturated rings. The van der Waals surface area contributed by atoms with E-state index in [0.717, 1.165) is 5.56 Å². The number of hydrazone groups is 1. The summed E-state index contributed by atoms with van der Waals surface area (Å²) in [4.78, 5) is 32.3. The van der Waals surface area contributed by atoms with Crippen LogP contribution in [-0.2, 0) is 0 Å². The quantitative estimate of drug-likeness (QED) is 0.572. The van der Waals surface area contributed by atoms with Crippen LogP contribution in [0.4, 0.5) is 9.59 Å². The number of carbonyl (C=O) groups is 2. The van der Waals surface area contributed by atoms with E-state index in [1.165, 1.54) is 5.01 Å². The van der Waals surface area contributed by atoms with Gasteiger partial charge >= 0.3 is 12.1 Å². The van der Waals surface area contributed by atoms with Crippen LogP contribution >= 0.6 is 0 Å². The second kappa shape index (κ2) is 7.99. The molecule has 0 saturated heterocycles. The average Bonchev–Trinajstić information content (AvgIpc) is 2.68. The lowest BCUT2D eigenvalue weighted by atomic mass is 10.1. The van der Waals surface area contributed by atoms with Crippen molar-refractivity contribution in [1.29, 1.82) is 0 Å². The second-order valence-corrected chi connectivity index (χ2v) is 5.43. The number of hydrazine groups is 2. The minimum absolute atomic E-state index is 0.238. The normalized spacial score (nSPS) is 14.5. The molecule has 0 atom stereocenters. The minimum Gasteiger partial charge on any atom is -0.255 e. The molecule has 1 aromatic heterocycles. The molecular weight excluding hydrogens is 334 g/mol. The third-order valence-corrected chi connectivity index (χ3v) is 3.44. The number of hydrogen-bond acceptors (Lipinski definition) is 5. The first kappa shape index (κ1) is 17.2. The van der Waals surface area contributed by atoms with Crippen molar-refractivity contribution in [2.45, 2.75) is 6.92 Å². The third kappa shape index (κ3) is 4.28. The number of carbonyl (C=O) groups excluding carboxylic acids is 2. The molecule has 4 amide bonds. The molecule has 26 heavy (non-hydrogen) atoms. The van der Waals surface area contributed by atoms with Crippen LogP contribution in [0.25, 0.3) is 0 Å². The smallest absolute Gasteiger partial charge is 0.255 e. The molecule has 0 unspecified atom stereocenters. The maximum Gasteiger partial charge on any atom is 0.357 e. The Morgan fingerprint density at radius 1 is 1.19 bits per heavy atom. The third-order valence-electron chi connectivity index (χ3n) is 3.44. The molecular formula is C17H17N7O2. The molecule has 0 radical (unpaired) electrons. The molecule has 0 aliphatic carbocycles. The van der Waals surface area contributed by atoms with Crippen LogP contribution in [-0.4, -0.2) is 40.0 Å². The highest BCUT2D eigenvalue weighted by Gasteiger charge is 2.19. The lowest BCUT2D eigenvalue weighted by molar-refractivity contribution is 0.163. The standard InChI is InChI=1S/C17H17N7O2/c1-12-11-24(17(26)22-20-12)23-21-16(25)19-15(13-7-3-2-4-8-13)14-9-5-6-10-18-14/h2-10,23H,11H2,1H3,(H,21,25)(H,22,26)/b19-15+. The summed E-state index contributed by atoms with van der Waals surface area (Å²) in [6.07, 6.45) is 1.63. The number of aromatic nitrogens is 1. The number of amides is 4. The van der Waals surface area contributed by atoms with Gasteiger partial charge in [-0.05, 0) is 19.1 Å². The number of nitrogens with one attached hydrogen (secondary N) is 3. The monoisotopic (exact) mass is 351 g/mol. The number of urea groups is 2. The molecule has 3 N–H and O–H groups in total. The minimum atomic E-state index is -0.664. The highest BCUT2D eigenvalue weighted by molar-refractivity contribution is 6.15. The lowest BCUT2D eigenvalue weighted by Crippen LogP contribution is -2.57. The van der Waals surface area contributed by atoms with Crippen LogP contribution in [0.3, 0.4) is 0 Å². The number of benzene rings is 1. The van der Waals surface area contributed by atoms with E-state index in [-0.39, 0.29) is 6.54 Å². The molecule has 1 aliphatic rings. The van der Waals surface area contributed by atoms with Crippen LogP contribution in [0.1, 0.15) is 18.2 Å². The van der Waals surface area contributed by atoms with Crippen LogP contribution in [0, 0.1) is 0 Å². The summed E-state index contributed by atoms with van der Waals surface area (Å²) >= 11 is 0. The first-order valence-electron chi connectivity index (χ1n) is 7.85. The average molecular weight is 351 g/mol. The Labute approximate surface area is 149 Å². The number of aliphatic imine (C=N–C) groups is 1. The molecule has 0 spiro atoms. The van der Waals surface area contributed by atoms with Crippen molar-refractivity contribution < 1.29 is 9.59 Å². The maximum absolute atomic E-state index is 12.3. The zero-order valence-electron chi connectivity index (χ0n) is 14.0. The predicted molar refractivity (Wildman–Crippen MR) is 96.3 cm³/mol. The van der Waals surface area contributed by atoms with Crippen molar-refractivity contribution in [1.82, 2.24) is 26.4 Å². The number of nitrogens with zero attached hydrogens (tertiary/aromatic N) is 4. The highest BCUT2D eigenvalue weighted by atomic mass is 16.2. The van der Waals surface area contributed by atoms with Crippen molar-refractivity contribution in [2.75, 3.05) is 6.54 Å². The Bertz CT molecular complexity index is 808. The van der Waals surface area contributed by atoms with Gasteiger partial charge in [-0.2, -0.15) is 10.1 Å². The van der Waals surface area contributed by atoms with E-state index in [2.05, 4.69) is 31.5 Å². The highest BCUT2D eigenvalue weighted by Crippen LogP contribution is 2.09. The van der Waals surface area contributed by atoms with Gasteiger partial charge in [-0.1, -0.05) is 36.4 Å². The van der Waals surface area contributed by atoms with E-state index in [0.29, 0.717) is 17.1 Å². The molecule has 0 saturated carbocycles. The fourth-order valence-corrected chi connectivity index (χ4v) is 2.24. The molecule has 0 bridgehead atoms. The van der Waals surface area contributed by atoms with Gasteiger partial charge in [0.25, 0.3) is 0 Å². The summed E-state index contributed by atoms with van der Waals surface area (Å²) in [5.74, 6) is 0. The molecule has 9 heteroatoms. The summed E-state index contributed by atoms with van der Waals surface area (Å²) in [6, 6.07) is 13.5. The van der Waals surface area contributed by atoms with Gasteiger partial charge in [0, 0.05) is 11.8 Å². The van der Waals surface area contributed by atoms with Crippen molar-refractivity contribution in [3.8, 4) is 0 Å². The predicted octanol–water partition coefficient (Wildman–Crippen LogP) is 1.45. The van der Waals surface area contributed by atoms with E-state index in [9.17, 15) is 9.59 Å². The fourth-order valence-electron chi connectivity index (χ4n) is 2.24. The van der Waals surface area contributed by atoms with Crippen molar-refractivity contribution in [3.05, 3.63) is 66.0 Å². The zero-order chi connectivity index (χ0) is 18.4. The summed E-state index contributed by atoms with van der Waals surface area (Å²) < 4.78 is 0. The summed E-state index contributed by atoms with van der Waals surface area (Å²) in [6.45, 7) is 1.99. The van der Waals surface area contributed by atoms with Crippen molar-refractivity contribution in [2.24, 2.45) is 10.1 Å². The van der Waals surface area contributed by atoms with Gasteiger partial charge in [0.05, 0.1) is 18.0 Å². The van der Waals surface area contributed by atoms with Gasteiger partial charge in [0.1, 0.15) is 5.71 Å². The zero-order valence-corrected chi connectivity index (χ0v) is 14.0. The molecule has 132 valence electrons. The number of pyridine rings is 1. The van der Waals surface area contributed by atoms with Crippen LogP contribution in [0.15, 0.2) is 64.8 Å². The van der Waals surface area contributed by atoms with Crippen molar-refractivity contribution in [3.63, 3.8) is 0 Å². The van der Waals surface area contributed by atoms with E-state index in [4.69, 9.17) is 0 Å². The number of rotatable bonds is 4. The summed E-state index contributed by atoms with van der Waals surface area (Å²) in [5, 5.41) is 4.98. The van der Waals surface area contributed by atoms with Gasteiger partial charge in [0.15, 0.2) is 0 Å². The lowest BCUT2D eigenvalue weighted by Gasteiger charge is -2.25. The molecule has 9 nitrogen and oxygen atoms in total. The van der Waals surface area contributed by atoms with E-state index < -0.39 is 12.1 Å². The molecule has 2 heterocycles. The van der Waals surface area contributed by atoms with Gasteiger partial charge < -0.3 is 0 Å². The summed E-state index contributed by atoms with van der Waals surface area (Å²) in [7, 11) is 0. The summed E-state index contributed by atoms with van der Waals surface area (Å²) in [5.41, 5.74) is 9.64. The van der Waals surface area contributed by atoms with Crippen molar-refractivity contribution >= 4 is 23.5 Å². The van der Waals surface area contributed by atoms with Crippen LogP contribution < -0.4 is 16.4 Å². The molecule has 2 aromatic rings. The van der Waals surface area contributed by atoms with E-state index in [1.807, 2.05) is 36.4 Å². The van der Waals surface area contributed by atoms with Crippen LogP contribution in [0.2, 0.25) is 0 Å². The SMILES string of the molecule is CC1=NNC(=O)N(NNC(=O)/N=C(\c2ccccc2)c2ccccn2)C1. The molecule has 3 rings (SSSR count). The maximum atomic E-state index is 12.3. The Balaban J connectivity index is 1.76. The Morgan fingerprint density at radius 2 is 1.96 bits per heavy atom. The van der Waals surface area contributed by atoms with Gasteiger partial charge in [-0.3, -0.25) is 10.4 Å². The topological polar surface area (TPSA) is 111 Å². The Hall–Kier alpha value is -3.59. The van der Waals surface area contributed by atoms with Gasteiger partial charge in [-0.25, -0.2) is 20.0 Å². The van der Waals surface area contributed by atoms with Gasteiger partial charge in [-0.15, -0.1) is 5.53 Å². The second-order valence-electron chi connectivity index (χ2n) is 5.43.